The maximum atomic E-state index is 12.7. The average Bonchev–Trinajstić information content (AvgIpc) is 3.43. The van der Waals surface area contributed by atoms with Gasteiger partial charge in [-0.2, -0.15) is 0 Å². The van der Waals surface area contributed by atoms with Crippen molar-refractivity contribution in [2.24, 2.45) is 0 Å². The summed E-state index contributed by atoms with van der Waals surface area (Å²) in [4.78, 5) is 25.5. The minimum Gasteiger partial charge on any atom is -0.508 e. The van der Waals surface area contributed by atoms with Crippen LogP contribution in [-0.4, -0.2) is 63.8 Å². The van der Waals surface area contributed by atoms with E-state index in [0.717, 1.165) is 61.9 Å². The molecular weight excluding hydrogens is 514 g/mol. The number of nitrogens with zero attached hydrogens (tertiary/aromatic N) is 3. The number of anilines is 2. The molecule has 0 saturated carbocycles. The van der Waals surface area contributed by atoms with Crippen LogP contribution >= 0.6 is 11.3 Å². The molecule has 1 saturated heterocycles. The average molecular weight is 546 g/mol. The number of carbonyl (C=O) groups excluding carboxylic acids is 1. The van der Waals surface area contributed by atoms with E-state index in [1.165, 1.54) is 35.1 Å². The summed E-state index contributed by atoms with van der Waals surface area (Å²) in [5, 5.41) is 25.4. The summed E-state index contributed by atoms with van der Waals surface area (Å²) in [6, 6.07) is 18.0. The number of aromatic nitrogens is 2. The van der Waals surface area contributed by atoms with Crippen molar-refractivity contribution in [3.63, 3.8) is 0 Å². The Morgan fingerprint density at radius 2 is 1.82 bits per heavy atom. The van der Waals surface area contributed by atoms with E-state index in [9.17, 15) is 15.0 Å². The van der Waals surface area contributed by atoms with Gasteiger partial charge >= 0.3 is 0 Å². The van der Waals surface area contributed by atoms with Crippen molar-refractivity contribution < 1.29 is 19.7 Å². The number of nitrogens with one attached hydrogen (secondary N) is 2. The number of hydrogen-bond donors (Lipinski definition) is 4. The highest BCUT2D eigenvalue weighted by Crippen LogP contribution is 2.28. The van der Waals surface area contributed by atoms with Crippen LogP contribution in [0.1, 0.15) is 27.2 Å². The number of aromatic hydroxyl groups is 2. The molecule has 0 bridgehead atoms. The number of phenolic OH excluding ortho intramolecular Hbond substituents is 2. The molecule has 0 atom stereocenters. The number of hydrogen-bond acceptors (Lipinski definition) is 9. The number of carbonyl (C=O) groups is 1. The molecule has 0 unspecified atom stereocenters. The number of phenols is 2. The van der Waals surface area contributed by atoms with Crippen LogP contribution in [-0.2, 0) is 17.7 Å². The number of benzene rings is 2. The number of ether oxygens (including phenoxy) is 1. The third kappa shape index (κ3) is 7.53. The number of amides is 1. The van der Waals surface area contributed by atoms with Gasteiger partial charge in [0.05, 0.1) is 28.7 Å². The van der Waals surface area contributed by atoms with Gasteiger partial charge in [-0.3, -0.25) is 9.69 Å². The van der Waals surface area contributed by atoms with Gasteiger partial charge in [-0.15, -0.1) is 11.3 Å². The van der Waals surface area contributed by atoms with Crippen molar-refractivity contribution in [2.45, 2.75) is 19.4 Å². The Hall–Kier alpha value is -3.99. The number of aryl methyl sites for hydroxylation is 1. The molecule has 2 aromatic heterocycles. The zero-order chi connectivity index (χ0) is 27.0. The van der Waals surface area contributed by atoms with Gasteiger partial charge in [0.15, 0.2) is 0 Å². The molecule has 1 amide bonds. The van der Waals surface area contributed by atoms with E-state index >= 15 is 0 Å². The van der Waals surface area contributed by atoms with Gasteiger partial charge in [-0.05, 0) is 73.0 Å². The third-order valence-electron chi connectivity index (χ3n) is 6.38. The van der Waals surface area contributed by atoms with E-state index in [2.05, 4.69) is 37.6 Å². The molecule has 1 aliphatic rings. The quantitative estimate of drug-likeness (QED) is 0.229. The van der Waals surface area contributed by atoms with Gasteiger partial charge < -0.3 is 25.6 Å². The molecule has 9 nitrogen and oxygen atoms in total. The second kappa shape index (κ2) is 12.7. The van der Waals surface area contributed by atoms with Crippen molar-refractivity contribution >= 4 is 28.9 Å². The van der Waals surface area contributed by atoms with Gasteiger partial charge in [0, 0.05) is 37.6 Å². The van der Waals surface area contributed by atoms with E-state index in [0.29, 0.717) is 16.4 Å². The van der Waals surface area contributed by atoms with Crippen molar-refractivity contribution in [2.75, 3.05) is 38.2 Å². The summed E-state index contributed by atoms with van der Waals surface area (Å²) < 4.78 is 5.42. The number of morpholine rings is 1. The van der Waals surface area contributed by atoms with Crippen LogP contribution in [0.2, 0.25) is 0 Å². The lowest BCUT2D eigenvalue weighted by Crippen LogP contribution is -2.36. The van der Waals surface area contributed by atoms with Crippen molar-refractivity contribution in [1.29, 1.82) is 0 Å². The molecule has 2 aromatic carbocycles. The second-order valence-electron chi connectivity index (χ2n) is 9.35. The molecule has 202 valence electrons. The van der Waals surface area contributed by atoms with Crippen LogP contribution in [0.25, 0.3) is 10.6 Å². The molecule has 39 heavy (non-hydrogen) atoms. The summed E-state index contributed by atoms with van der Waals surface area (Å²) >= 11 is 1.33. The van der Waals surface area contributed by atoms with Gasteiger partial charge in [-0.25, -0.2) is 9.97 Å². The zero-order valence-electron chi connectivity index (χ0n) is 21.5. The lowest BCUT2D eigenvalue weighted by atomic mass is 10.1. The molecular formula is C29H31N5O4S. The highest BCUT2D eigenvalue weighted by atomic mass is 32.1. The van der Waals surface area contributed by atoms with Crippen LogP contribution in [0.4, 0.5) is 11.6 Å². The van der Waals surface area contributed by atoms with Gasteiger partial charge in [0.2, 0.25) is 5.95 Å². The lowest BCUT2D eigenvalue weighted by Gasteiger charge is -2.26. The van der Waals surface area contributed by atoms with E-state index in [1.807, 2.05) is 24.3 Å². The highest BCUT2D eigenvalue weighted by molar-refractivity contribution is 7.17. The molecule has 4 N–H and O–H groups in total. The maximum Gasteiger partial charge on any atom is 0.261 e. The Morgan fingerprint density at radius 3 is 2.64 bits per heavy atom. The molecule has 0 radical (unpaired) electrons. The fourth-order valence-corrected chi connectivity index (χ4v) is 5.34. The Labute approximate surface area is 231 Å². The first-order valence-corrected chi connectivity index (χ1v) is 13.7. The molecule has 4 aromatic rings. The first-order chi connectivity index (χ1) is 19.0. The van der Waals surface area contributed by atoms with Gasteiger partial charge in [0.25, 0.3) is 5.91 Å². The topological polar surface area (TPSA) is 120 Å². The first kappa shape index (κ1) is 26.6. The zero-order valence-corrected chi connectivity index (χ0v) is 22.3. The Morgan fingerprint density at radius 1 is 1.00 bits per heavy atom. The smallest absolute Gasteiger partial charge is 0.261 e. The molecule has 5 rings (SSSR count). The van der Waals surface area contributed by atoms with E-state index in [4.69, 9.17) is 4.74 Å². The molecule has 1 aliphatic heterocycles. The van der Waals surface area contributed by atoms with Crippen molar-refractivity contribution in [1.82, 2.24) is 20.2 Å². The standard InChI is InChI=1S/C29H31N5O4S/c35-23-16-21(17-24(36)18-23)19-31-28(37)27-7-6-26(39-27)25-8-9-30-29(33-25)32-22-5-1-3-20(15-22)4-2-10-34-11-13-38-14-12-34/h1,3,5-9,15-18,35-36H,2,4,10-14,19H2,(H,31,37)(H,30,32,33). The monoisotopic (exact) mass is 545 g/mol. The predicted molar refractivity (Wildman–Crippen MR) is 152 cm³/mol. The fraction of sp³-hybridized carbons (Fsp3) is 0.276. The van der Waals surface area contributed by atoms with Crippen molar-refractivity contribution in [3.05, 3.63) is 82.9 Å². The molecule has 0 aliphatic carbocycles. The molecule has 3 heterocycles. The lowest BCUT2D eigenvalue weighted by molar-refractivity contribution is 0.0374. The maximum absolute atomic E-state index is 12.7. The summed E-state index contributed by atoms with van der Waals surface area (Å²) in [6.07, 6.45) is 3.80. The van der Waals surface area contributed by atoms with Crippen LogP contribution < -0.4 is 10.6 Å². The normalized spacial score (nSPS) is 13.7. The largest absolute Gasteiger partial charge is 0.508 e. The SMILES string of the molecule is O=C(NCc1cc(O)cc(O)c1)c1ccc(-c2ccnc(Nc3cccc(CCCN4CCOCC4)c3)n2)s1. The minimum atomic E-state index is -0.244. The highest BCUT2D eigenvalue weighted by Gasteiger charge is 2.13. The van der Waals surface area contributed by atoms with Crippen molar-refractivity contribution in [3.8, 4) is 22.1 Å². The number of thiophene rings is 1. The first-order valence-electron chi connectivity index (χ1n) is 12.9. The predicted octanol–water partition coefficient (Wildman–Crippen LogP) is 4.55. The van der Waals surface area contributed by atoms with Crippen LogP contribution in [0.5, 0.6) is 11.5 Å². The summed E-state index contributed by atoms with van der Waals surface area (Å²) in [5.74, 6) is 0.135. The fourth-order valence-electron chi connectivity index (χ4n) is 4.45. The van der Waals surface area contributed by atoms with Crippen LogP contribution in [0.15, 0.2) is 66.9 Å². The molecule has 0 spiro atoms. The Kier molecular flexibility index (Phi) is 8.67. The number of rotatable bonds is 10. The summed E-state index contributed by atoms with van der Waals surface area (Å²) in [7, 11) is 0. The van der Waals surface area contributed by atoms with Crippen LogP contribution in [0, 0.1) is 0 Å². The second-order valence-corrected chi connectivity index (χ2v) is 10.4. The van der Waals surface area contributed by atoms with Gasteiger partial charge in [0.1, 0.15) is 11.5 Å². The summed E-state index contributed by atoms with van der Waals surface area (Å²) in [6.45, 7) is 4.93. The van der Waals surface area contributed by atoms with Gasteiger partial charge in [-0.1, -0.05) is 12.1 Å². The Bertz CT molecular complexity index is 1400. The minimum absolute atomic E-state index is 0.0543. The van der Waals surface area contributed by atoms with E-state index in [-0.39, 0.29) is 24.0 Å². The summed E-state index contributed by atoms with van der Waals surface area (Å²) in [5.41, 5.74) is 3.51. The van der Waals surface area contributed by atoms with E-state index in [1.54, 1.807) is 12.3 Å². The molecule has 1 fully saturated rings. The Balaban J connectivity index is 1.17. The van der Waals surface area contributed by atoms with E-state index < -0.39 is 0 Å². The van der Waals surface area contributed by atoms with Crippen LogP contribution in [0.3, 0.4) is 0 Å². The third-order valence-corrected chi connectivity index (χ3v) is 7.49. The molecule has 10 heteroatoms.